The standard InChI is InChI=1S/C26H23BrNO4P/c1-30-23-18-12-20(13-19-23)26(28-22-16-14-21(27)15-17-22)33(29,31-24-8-4-2-5-9-24)32-25-10-6-3-7-11-25/h2-19,26,28H,1H3/t26-/m1/s1. The molecular weight excluding hydrogens is 501 g/mol. The smallest absolute Gasteiger partial charge is 0.457 e. The Balaban J connectivity index is 1.79. The van der Waals surface area contributed by atoms with Crippen molar-refractivity contribution >= 4 is 29.2 Å². The minimum atomic E-state index is -3.86. The monoisotopic (exact) mass is 523 g/mol. The third-order valence-electron chi connectivity index (χ3n) is 4.85. The minimum absolute atomic E-state index is 0.452. The molecule has 4 aromatic rings. The molecule has 0 aliphatic rings. The first-order valence-electron chi connectivity index (χ1n) is 10.3. The van der Waals surface area contributed by atoms with Gasteiger partial charge in [0, 0.05) is 10.2 Å². The van der Waals surface area contributed by atoms with Gasteiger partial charge in [-0.25, -0.2) is 4.57 Å². The van der Waals surface area contributed by atoms with Gasteiger partial charge < -0.3 is 19.1 Å². The first-order valence-corrected chi connectivity index (χ1v) is 12.7. The lowest BCUT2D eigenvalue weighted by molar-refractivity contribution is 0.376. The van der Waals surface area contributed by atoms with Crippen LogP contribution in [0.25, 0.3) is 0 Å². The largest absolute Gasteiger partial charge is 0.497 e. The van der Waals surface area contributed by atoms with E-state index in [1.807, 2.05) is 84.9 Å². The summed E-state index contributed by atoms with van der Waals surface area (Å²) in [6.07, 6.45) is 0. The van der Waals surface area contributed by atoms with Crippen molar-refractivity contribution in [1.82, 2.24) is 0 Å². The van der Waals surface area contributed by atoms with Crippen LogP contribution < -0.4 is 19.1 Å². The van der Waals surface area contributed by atoms with Crippen LogP contribution in [0.15, 0.2) is 114 Å². The molecule has 1 atom stereocenters. The highest BCUT2D eigenvalue weighted by molar-refractivity contribution is 9.10. The molecule has 0 fully saturated rings. The zero-order valence-corrected chi connectivity index (χ0v) is 20.4. The van der Waals surface area contributed by atoms with Crippen molar-refractivity contribution in [2.75, 3.05) is 12.4 Å². The molecule has 0 saturated heterocycles. The molecule has 0 aliphatic carbocycles. The third kappa shape index (κ3) is 5.98. The first-order chi connectivity index (χ1) is 16.1. The van der Waals surface area contributed by atoms with E-state index in [-0.39, 0.29) is 0 Å². The average Bonchev–Trinajstić information content (AvgIpc) is 2.85. The van der Waals surface area contributed by atoms with Gasteiger partial charge in [-0.1, -0.05) is 64.5 Å². The second-order valence-electron chi connectivity index (χ2n) is 7.18. The number of nitrogens with one attached hydrogen (secondary N) is 1. The van der Waals surface area contributed by atoms with Crippen molar-refractivity contribution in [3.8, 4) is 17.2 Å². The maximum absolute atomic E-state index is 14.5. The Bertz CT molecular complexity index is 1160. The Morgan fingerprint density at radius 3 is 1.70 bits per heavy atom. The molecule has 0 radical (unpaired) electrons. The summed E-state index contributed by atoms with van der Waals surface area (Å²) in [5.74, 6) is 0.801. The lowest BCUT2D eigenvalue weighted by Gasteiger charge is -2.29. The third-order valence-corrected chi connectivity index (χ3v) is 7.37. The van der Waals surface area contributed by atoms with E-state index in [1.165, 1.54) is 0 Å². The summed E-state index contributed by atoms with van der Waals surface area (Å²) >= 11 is 3.45. The van der Waals surface area contributed by atoms with Crippen molar-refractivity contribution in [1.29, 1.82) is 0 Å². The number of hydrogen-bond acceptors (Lipinski definition) is 5. The first kappa shape index (κ1) is 23.0. The highest BCUT2D eigenvalue weighted by Crippen LogP contribution is 2.60. The zero-order chi connectivity index (χ0) is 23.1. The Labute approximate surface area is 202 Å². The fourth-order valence-electron chi connectivity index (χ4n) is 3.22. The molecule has 0 bridgehead atoms. The van der Waals surface area contributed by atoms with Gasteiger partial charge in [-0.2, -0.15) is 0 Å². The van der Waals surface area contributed by atoms with Crippen LogP contribution >= 0.6 is 23.5 Å². The predicted octanol–water partition coefficient (Wildman–Crippen LogP) is 7.92. The highest BCUT2D eigenvalue weighted by Gasteiger charge is 2.41. The van der Waals surface area contributed by atoms with Crippen LogP contribution in [0.4, 0.5) is 5.69 Å². The van der Waals surface area contributed by atoms with Crippen LogP contribution in [-0.2, 0) is 4.57 Å². The summed E-state index contributed by atoms with van der Waals surface area (Å²) in [7, 11) is -2.25. The molecule has 4 rings (SSSR count). The van der Waals surface area contributed by atoms with Gasteiger partial charge in [0.25, 0.3) is 0 Å². The fraction of sp³-hybridized carbons (Fsp3) is 0.0769. The van der Waals surface area contributed by atoms with E-state index < -0.39 is 13.4 Å². The Hall–Kier alpha value is -3.21. The number of anilines is 1. The second-order valence-corrected chi connectivity index (χ2v) is 10.1. The van der Waals surface area contributed by atoms with E-state index >= 15 is 0 Å². The van der Waals surface area contributed by atoms with Crippen molar-refractivity contribution in [2.24, 2.45) is 0 Å². The number of halogens is 1. The summed E-state index contributed by atoms with van der Waals surface area (Å²) in [5, 5.41) is 3.37. The number of ether oxygens (including phenoxy) is 1. The van der Waals surface area contributed by atoms with E-state index in [0.29, 0.717) is 17.2 Å². The van der Waals surface area contributed by atoms with Gasteiger partial charge in [0.2, 0.25) is 0 Å². The van der Waals surface area contributed by atoms with Crippen LogP contribution in [0.1, 0.15) is 11.3 Å². The van der Waals surface area contributed by atoms with Crippen LogP contribution in [0.5, 0.6) is 17.2 Å². The topological polar surface area (TPSA) is 56.8 Å². The molecule has 0 aromatic heterocycles. The van der Waals surface area contributed by atoms with Crippen molar-refractivity contribution in [3.63, 3.8) is 0 Å². The van der Waals surface area contributed by atoms with Gasteiger partial charge in [0.1, 0.15) is 17.2 Å². The molecule has 4 aromatic carbocycles. The number of methoxy groups -OCH3 is 1. The molecular formula is C26H23BrNO4P. The average molecular weight is 524 g/mol. The molecule has 0 heterocycles. The minimum Gasteiger partial charge on any atom is -0.497 e. The Morgan fingerprint density at radius 1 is 0.697 bits per heavy atom. The molecule has 0 saturated carbocycles. The summed E-state index contributed by atoms with van der Waals surface area (Å²) in [6.45, 7) is 0. The molecule has 7 heteroatoms. The summed E-state index contributed by atoms with van der Waals surface area (Å²) < 4.78 is 33.0. The molecule has 0 aliphatic heterocycles. The van der Waals surface area contributed by atoms with E-state index in [2.05, 4.69) is 21.2 Å². The Morgan fingerprint density at radius 2 is 1.21 bits per heavy atom. The maximum Gasteiger partial charge on any atom is 0.457 e. The van der Waals surface area contributed by atoms with Gasteiger partial charge in [-0.05, 0) is 66.2 Å². The lowest BCUT2D eigenvalue weighted by Crippen LogP contribution is -2.18. The van der Waals surface area contributed by atoms with Crippen LogP contribution in [0.2, 0.25) is 0 Å². The second kappa shape index (κ2) is 10.6. The van der Waals surface area contributed by atoms with Crippen molar-refractivity contribution in [2.45, 2.75) is 5.78 Å². The normalized spacial score (nSPS) is 11.9. The molecule has 0 spiro atoms. The van der Waals surface area contributed by atoms with Crippen LogP contribution in [-0.4, -0.2) is 7.11 Å². The molecule has 5 nitrogen and oxygen atoms in total. The van der Waals surface area contributed by atoms with Crippen LogP contribution in [0.3, 0.4) is 0 Å². The maximum atomic E-state index is 14.5. The number of para-hydroxylation sites is 2. The zero-order valence-electron chi connectivity index (χ0n) is 17.9. The Kier molecular flexibility index (Phi) is 7.38. The van der Waals surface area contributed by atoms with Gasteiger partial charge in [-0.15, -0.1) is 0 Å². The van der Waals surface area contributed by atoms with Gasteiger partial charge in [0.15, 0.2) is 5.78 Å². The molecule has 0 amide bonds. The summed E-state index contributed by atoms with van der Waals surface area (Å²) in [4.78, 5) is 0. The fourth-order valence-corrected chi connectivity index (χ4v) is 5.40. The molecule has 33 heavy (non-hydrogen) atoms. The lowest BCUT2D eigenvalue weighted by atomic mass is 10.2. The van der Waals surface area contributed by atoms with Gasteiger partial charge in [-0.3, -0.25) is 0 Å². The van der Waals surface area contributed by atoms with E-state index in [0.717, 1.165) is 15.7 Å². The van der Waals surface area contributed by atoms with E-state index in [1.54, 1.807) is 31.4 Å². The summed E-state index contributed by atoms with van der Waals surface area (Å²) in [6, 6.07) is 33.0. The van der Waals surface area contributed by atoms with E-state index in [4.69, 9.17) is 13.8 Å². The summed E-state index contributed by atoms with van der Waals surface area (Å²) in [5.41, 5.74) is 1.50. The molecule has 0 unspecified atom stereocenters. The molecule has 1 N–H and O–H groups in total. The molecule has 168 valence electrons. The number of benzene rings is 4. The van der Waals surface area contributed by atoms with Gasteiger partial charge in [0.05, 0.1) is 7.11 Å². The van der Waals surface area contributed by atoms with E-state index in [9.17, 15) is 4.57 Å². The quantitative estimate of drug-likeness (QED) is 0.226. The highest BCUT2D eigenvalue weighted by atomic mass is 79.9. The predicted molar refractivity (Wildman–Crippen MR) is 135 cm³/mol. The van der Waals surface area contributed by atoms with Gasteiger partial charge >= 0.3 is 7.60 Å². The van der Waals surface area contributed by atoms with Crippen molar-refractivity contribution < 1.29 is 18.3 Å². The number of rotatable bonds is 9. The van der Waals surface area contributed by atoms with Crippen molar-refractivity contribution in [3.05, 3.63) is 119 Å². The van der Waals surface area contributed by atoms with Crippen LogP contribution in [0, 0.1) is 0 Å². The SMILES string of the molecule is COc1ccc([C@H](Nc2ccc(Br)cc2)P(=O)(Oc2ccccc2)Oc2ccccc2)cc1. The number of hydrogen-bond donors (Lipinski definition) is 1.